The van der Waals surface area contributed by atoms with E-state index >= 15 is 0 Å². The molecule has 0 radical (unpaired) electrons. The van der Waals surface area contributed by atoms with Gasteiger partial charge in [-0.25, -0.2) is 0 Å². The second-order valence-electron chi connectivity index (χ2n) is 7.60. The third-order valence-corrected chi connectivity index (χ3v) is 5.48. The van der Waals surface area contributed by atoms with Crippen LogP contribution in [0.1, 0.15) is 24.8 Å². The molecule has 1 heterocycles. The molecule has 1 saturated heterocycles. The molecule has 2 aromatic rings. The van der Waals surface area contributed by atoms with E-state index in [0.29, 0.717) is 19.6 Å². The maximum Gasteiger partial charge on any atom is 0.221 e. The number of ether oxygens (including phenoxy) is 2. The topological polar surface area (TPSA) is 50.8 Å². The summed E-state index contributed by atoms with van der Waals surface area (Å²) in [5.74, 6) is 2.43. The summed E-state index contributed by atoms with van der Waals surface area (Å²) in [5, 5.41) is 2.94. The van der Waals surface area contributed by atoms with Crippen molar-refractivity contribution in [3.63, 3.8) is 0 Å². The van der Waals surface area contributed by atoms with Crippen LogP contribution in [-0.4, -0.2) is 50.7 Å². The number of hydrogen-bond donors (Lipinski definition) is 1. The molecule has 5 nitrogen and oxygen atoms in total. The molecular weight excluding hydrogens is 364 g/mol. The van der Waals surface area contributed by atoms with Gasteiger partial charge < -0.3 is 19.7 Å². The number of carbonyl (C=O) groups is 1. The van der Waals surface area contributed by atoms with Crippen molar-refractivity contribution in [2.45, 2.75) is 25.7 Å². The minimum absolute atomic E-state index is 0.0924. The lowest BCUT2D eigenvalue weighted by atomic mass is 9.90. The van der Waals surface area contributed by atoms with Crippen LogP contribution in [-0.2, 0) is 11.2 Å². The third-order valence-electron chi connectivity index (χ3n) is 5.48. The minimum atomic E-state index is 0.0924. The molecule has 1 aliphatic rings. The summed E-state index contributed by atoms with van der Waals surface area (Å²) in [4.78, 5) is 14.5. The number of piperidine rings is 1. The second kappa shape index (κ2) is 11.5. The summed E-state index contributed by atoms with van der Waals surface area (Å²) in [6.07, 6.45) is 4.15. The van der Waals surface area contributed by atoms with Crippen LogP contribution in [0.4, 0.5) is 0 Å². The lowest BCUT2D eigenvalue weighted by Crippen LogP contribution is -2.37. The van der Waals surface area contributed by atoms with Gasteiger partial charge in [0.1, 0.15) is 18.1 Å². The van der Waals surface area contributed by atoms with E-state index in [4.69, 9.17) is 9.47 Å². The molecule has 1 fully saturated rings. The number of methoxy groups -OCH3 is 1. The first-order chi connectivity index (χ1) is 14.2. The number of nitrogens with one attached hydrogen (secondary N) is 1. The fraction of sp³-hybridized carbons (Fsp3) is 0.458. The fourth-order valence-electron chi connectivity index (χ4n) is 3.74. The zero-order chi connectivity index (χ0) is 20.3. The van der Waals surface area contributed by atoms with E-state index in [2.05, 4.69) is 40.5 Å². The number of nitrogens with zero attached hydrogens (tertiary/aromatic N) is 1. The molecule has 0 spiro atoms. The van der Waals surface area contributed by atoms with Crippen LogP contribution in [0.15, 0.2) is 54.6 Å². The van der Waals surface area contributed by atoms with Crippen LogP contribution in [0.2, 0.25) is 0 Å². The Morgan fingerprint density at radius 1 is 1.03 bits per heavy atom. The third kappa shape index (κ3) is 7.42. The first-order valence-electron chi connectivity index (χ1n) is 10.5. The van der Waals surface area contributed by atoms with Crippen molar-refractivity contribution >= 4 is 5.91 Å². The van der Waals surface area contributed by atoms with Crippen molar-refractivity contribution in [1.82, 2.24) is 10.2 Å². The van der Waals surface area contributed by atoms with Gasteiger partial charge in [0.25, 0.3) is 0 Å². The summed E-state index contributed by atoms with van der Waals surface area (Å²) in [6.45, 7) is 3.99. The first-order valence-corrected chi connectivity index (χ1v) is 10.5. The van der Waals surface area contributed by atoms with Crippen LogP contribution in [0, 0.1) is 5.92 Å². The molecule has 0 saturated carbocycles. The highest BCUT2D eigenvalue weighted by Crippen LogP contribution is 2.21. The summed E-state index contributed by atoms with van der Waals surface area (Å²) < 4.78 is 10.7. The molecule has 29 heavy (non-hydrogen) atoms. The average molecular weight is 397 g/mol. The summed E-state index contributed by atoms with van der Waals surface area (Å²) in [7, 11) is 1.64. The maximum absolute atomic E-state index is 12.1. The molecule has 0 bridgehead atoms. The number of hydrogen-bond acceptors (Lipinski definition) is 4. The molecule has 2 aromatic carbocycles. The SMILES string of the molecule is COc1ccc(OCCNC(=O)CCN2CCC(Cc3ccccc3)CC2)cc1. The molecule has 5 heteroatoms. The Morgan fingerprint density at radius 3 is 2.41 bits per heavy atom. The van der Waals surface area contributed by atoms with Crippen LogP contribution >= 0.6 is 0 Å². The normalized spacial score (nSPS) is 15.1. The van der Waals surface area contributed by atoms with Crippen LogP contribution in [0.5, 0.6) is 11.5 Å². The van der Waals surface area contributed by atoms with Gasteiger partial charge in [-0.2, -0.15) is 0 Å². The average Bonchev–Trinajstić information content (AvgIpc) is 2.77. The van der Waals surface area contributed by atoms with Crippen molar-refractivity contribution in [2.24, 2.45) is 5.92 Å². The van der Waals surface area contributed by atoms with Gasteiger partial charge in [0, 0.05) is 13.0 Å². The maximum atomic E-state index is 12.1. The molecule has 1 amide bonds. The van der Waals surface area contributed by atoms with Crippen LogP contribution < -0.4 is 14.8 Å². The number of likely N-dealkylation sites (tertiary alicyclic amines) is 1. The minimum Gasteiger partial charge on any atom is -0.497 e. The van der Waals surface area contributed by atoms with Gasteiger partial charge in [0.2, 0.25) is 5.91 Å². The largest absolute Gasteiger partial charge is 0.497 e. The quantitative estimate of drug-likeness (QED) is 0.624. The molecule has 0 aliphatic carbocycles. The number of rotatable bonds is 10. The van der Waals surface area contributed by atoms with Gasteiger partial charge in [0.15, 0.2) is 0 Å². The molecule has 0 unspecified atom stereocenters. The highest BCUT2D eigenvalue weighted by atomic mass is 16.5. The molecule has 1 aliphatic heterocycles. The van der Waals surface area contributed by atoms with Crippen LogP contribution in [0.25, 0.3) is 0 Å². The molecule has 156 valence electrons. The molecule has 3 rings (SSSR count). The van der Waals surface area contributed by atoms with E-state index in [-0.39, 0.29) is 5.91 Å². The Bertz CT molecular complexity index is 726. The zero-order valence-electron chi connectivity index (χ0n) is 17.3. The fourth-order valence-corrected chi connectivity index (χ4v) is 3.74. The Labute approximate surface area is 174 Å². The van der Waals surface area contributed by atoms with Crippen molar-refractivity contribution in [1.29, 1.82) is 0 Å². The Balaban J connectivity index is 1.24. The second-order valence-corrected chi connectivity index (χ2v) is 7.60. The lowest BCUT2D eigenvalue weighted by molar-refractivity contribution is -0.121. The van der Waals surface area contributed by atoms with Gasteiger partial charge in [-0.05, 0) is 68.1 Å². The number of carbonyl (C=O) groups excluding carboxylic acids is 1. The van der Waals surface area contributed by atoms with Gasteiger partial charge in [-0.15, -0.1) is 0 Å². The highest BCUT2D eigenvalue weighted by Gasteiger charge is 2.19. The van der Waals surface area contributed by atoms with E-state index in [1.807, 2.05) is 24.3 Å². The summed E-state index contributed by atoms with van der Waals surface area (Å²) in [6, 6.07) is 18.2. The van der Waals surface area contributed by atoms with Crippen LogP contribution in [0.3, 0.4) is 0 Å². The molecular formula is C24H32N2O3. The zero-order valence-corrected chi connectivity index (χ0v) is 17.3. The van der Waals surface area contributed by atoms with Crippen molar-refractivity contribution in [2.75, 3.05) is 39.9 Å². The first kappa shape index (κ1) is 21.2. The molecule has 0 aromatic heterocycles. The van der Waals surface area contributed by atoms with Gasteiger partial charge in [-0.3, -0.25) is 4.79 Å². The number of amides is 1. The van der Waals surface area contributed by atoms with Crippen molar-refractivity contribution in [3.8, 4) is 11.5 Å². The van der Waals surface area contributed by atoms with E-state index in [0.717, 1.165) is 37.1 Å². The Kier molecular flexibility index (Phi) is 8.38. The van der Waals surface area contributed by atoms with E-state index in [1.54, 1.807) is 7.11 Å². The van der Waals surface area contributed by atoms with E-state index in [9.17, 15) is 4.79 Å². The molecule has 1 N–H and O–H groups in total. The lowest BCUT2D eigenvalue weighted by Gasteiger charge is -2.31. The standard InChI is InChI=1S/C24H32N2O3/c1-28-22-7-9-23(10-8-22)29-18-14-25-24(27)13-17-26-15-11-21(12-16-26)19-20-5-3-2-4-6-20/h2-10,21H,11-19H2,1H3,(H,25,27). The van der Waals surface area contributed by atoms with E-state index in [1.165, 1.54) is 24.8 Å². The van der Waals surface area contributed by atoms with Crippen molar-refractivity contribution in [3.05, 3.63) is 60.2 Å². The monoisotopic (exact) mass is 396 g/mol. The van der Waals surface area contributed by atoms with Gasteiger partial charge >= 0.3 is 0 Å². The smallest absolute Gasteiger partial charge is 0.221 e. The Hall–Kier alpha value is -2.53. The predicted octanol–water partition coefficient (Wildman–Crippen LogP) is 3.54. The Morgan fingerprint density at radius 2 is 1.72 bits per heavy atom. The summed E-state index contributed by atoms with van der Waals surface area (Å²) >= 11 is 0. The summed E-state index contributed by atoms with van der Waals surface area (Å²) in [5.41, 5.74) is 1.43. The van der Waals surface area contributed by atoms with Gasteiger partial charge in [0.05, 0.1) is 13.7 Å². The van der Waals surface area contributed by atoms with Crippen molar-refractivity contribution < 1.29 is 14.3 Å². The number of benzene rings is 2. The predicted molar refractivity (Wildman–Crippen MR) is 115 cm³/mol. The van der Waals surface area contributed by atoms with Gasteiger partial charge in [-0.1, -0.05) is 30.3 Å². The highest BCUT2D eigenvalue weighted by molar-refractivity contribution is 5.76. The van der Waals surface area contributed by atoms with E-state index < -0.39 is 0 Å². The molecule has 0 atom stereocenters.